The fraction of sp³-hybridized carbons (Fsp3) is 0.133. The standard InChI is InChI=1S/C15H11N3O4/c19-17-13-8-11(18(20)21)3-4-12(13)16-15(17)10-2-1-9-5-6-22-14(9)7-10/h1-4,7-8,19H,5-6H2. The predicted octanol–water partition coefficient (Wildman–Crippen LogP) is 2.78. The molecule has 110 valence electrons. The van der Waals surface area contributed by atoms with Crippen LogP contribution in [-0.2, 0) is 6.42 Å². The molecule has 0 radical (unpaired) electrons. The average Bonchev–Trinajstić information content (AvgIpc) is 3.11. The van der Waals surface area contributed by atoms with Gasteiger partial charge in [0.2, 0.25) is 0 Å². The lowest BCUT2D eigenvalue weighted by molar-refractivity contribution is -0.384. The minimum Gasteiger partial charge on any atom is -0.493 e. The molecular weight excluding hydrogens is 286 g/mol. The highest BCUT2D eigenvalue weighted by atomic mass is 16.6. The van der Waals surface area contributed by atoms with E-state index in [-0.39, 0.29) is 5.69 Å². The minimum absolute atomic E-state index is 0.0912. The highest BCUT2D eigenvalue weighted by Gasteiger charge is 2.18. The Morgan fingerprint density at radius 1 is 1.27 bits per heavy atom. The van der Waals surface area contributed by atoms with Gasteiger partial charge in [0.25, 0.3) is 5.69 Å². The molecule has 0 aliphatic carbocycles. The van der Waals surface area contributed by atoms with E-state index in [0.717, 1.165) is 22.5 Å². The van der Waals surface area contributed by atoms with E-state index in [9.17, 15) is 15.3 Å². The van der Waals surface area contributed by atoms with E-state index >= 15 is 0 Å². The molecule has 0 unspecified atom stereocenters. The maximum atomic E-state index is 10.8. The summed E-state index contributed by atoms with van der Waals surface area (Å²) in [5.74, 6) is 1.12. The summed E-state index contributed by atoms with van der Waals surface area (Å²) < 4.78 is 6.39. The van der Waals surface area contributed by atoms with Gasteiger partial charge in [-0.2, -0.15) is 4.73 Å². The van der Waals surface area contributed by atoms with Gasteiger partial charge in [0.1, 0.15) is 11.3 Å². The molecule has 3 aromatic rings. The smallest absolute Gasteiger partial charge is 0.271 e. The molecule has 0 atom stereocenters. The van der Waals surface area contributed by atoms with Gasteiger partial charge in [0.05, 0.1) is 17.0 Å². The van der Waals surface area contributed by atoms with Gasteiger partial charge in [-0.25, -0.2) is 4.98 Å². The maximum Gasteiger partial charge on any atom is 0.271 e. The van der Waals surface area contributed by atoms with Gasteiger partial charge in [-0.3, -0.25) is 10.1 Å². The van der Waals surface area contributed by atoms with Gasteiger partial charge < -0.3 is 9.94 Å². The van der Waals surface area contributed by atoms with Crippen LogP contribution >= 0.6 is 0 Å². The number of nitro benzene ring substituents is 1. The Bertz CT molecular complexity index is 917. The highest BCUT2D eigenvalue weighted by Crippen LogP contribution is 2.32. The first-order valence-corrected chi connectivity index (χ1v) is 6.76. The van der Waals surface area contributed by atoms with E-state index in [1.807, 2.05) is 18.2 Å². The summed E-state index contributed by atoms with van der Waals surface area (Å²) in [6.45, 7) is 0.653. The van der Waals surface area contributed by atoms with E-state index in [4.69, 9.17) is 4.74 Å². The summed E-state index contributed by atoms with van der Waals surface area (Å²) in [6.07, 6.45) is 0.872. The molecule has 0 saturated heterocycles. The fourth-order valence-electron chi connectivity index (χ4n) is 2.66. The largest absolute Gasteiger partial charge is 0.493 e. The second-order valence-electron chi connectivity index (χ2n) is 5.10. The third kappa shape index (κ3) is 1.79. The van der Waals surface area contributed by atoms with Crippen LogP contribution in [0.3, 0.4) is 0 Å². The van der Waals surface area contributed by atoms with Crippen molar-refractivity contribution >= 4 is 16.7 Å². The number of ether oxygens (including phenoxy) is 1. The van der Waals surface area contributed by atoms with Crippen molar-refractivity contribution in [2.45, 2.75) is 6.42 Å². The summed E-state index contributed by atoms with van der Waals surface area (Å²) >= 11 is 0. The Labute approximate surface area is 124 Å². The number of rotatable bonds is 2. The predicted molar refractivity (Wildman–Crippen MR) is 78.2 cm³/mol. The number of nitrogens with zero attached hydrogens (tertiary/aromatic N) is 3. The maximum absolute atomic E-state index is 10.8. The number of non-ortho nitro benzene ring substituents is 1. The van der Waals surface area contributed by atoms with Gasteiger partial charge in [0.15, 0.2) is 5.82 Å². The van der Waals surface area contributed by atoms with Crippen LogP contribution in [0.1, 0.15) is 5.56 Å². The second kappa shape index (κ2) is 4.45. The van der Waals surface area contributed by atoms with Gasteiger partial charge in [-0.1, -0.05) is 12.1 Å². The Balaban J connectivity index is 1.88. The molecule has 4 rings (SSSR count). The summed E-state index contributed by atoms with van der Waals surface area (Å²) in [5.41, 5.74) is 2.52. The number of nitro groups is 1. The Morgan fingerprint density at radius 2 is 2.14 bits per heavy atom. The van der Waals surface area contributed by atoms with Crippen molar-refractivity contribution in [1.82, 2.24) is 9.71 Å². The van der Waals surface area contributed by atoms with Gasteiger partial charge in [-0.05, 0) is 17.7 Å². The van der Waals surface area contributed by atoms with Crippen LogP contribution in [0.2, 0.25) is 0 Å². The van der Waals surface area contributed by atoms with Crippen LogP contribution in [0, 0.1) is 10.1 Å². The van der Waals surface area contributed by atoms with E-state index in [1.165, 1.54) is 18.2 Å². The summed E-state index contributed by atoms with van der Waals surface area (Å²) in [4.78, 5) is 14.7. The lowest BCUT2D eigenvalue weighted by Crippen LogP contribution is -1.95. The van der Waals surface area contributed by atoms with E-state index in [0.29, 0.717) is 29.0 Å². The lowest BCUT2D eigenvalue weighted by Gasteiger charge is -2.04. The van der Waals surface area contributed by atoms with Gasteiger partial charge in [0, 0.05) is 24.1 Å². The zero-order valence-corrected chi connectivity index (χ0v) is 11.4. The zero-order valence-electron chi connectivity index (χ0n) is 11.4. The van der Waals surface area contributed by atoms with Crippen molar-refractivity contribution in [3.63, 3.8) is 0 Å². The van der Waals surface area contributed by atoms with E-state index in [1.54, 1.807) is 0 Å². The Kier molecular flexibility index (Phi) is 2.56. The third-order valence-corrected chi connectivity index (χ3v) is 3.78. The Morgan fingerprint density at radius 3 is 2.95 bits per heavy atom. The molecule has 0 spiro atoms. The molecule has 7 heteroatoms. The van der Waals surface area contributed by atoms with Crippen molar-refractivity contribution in [2.24, 2.45) is 0 Å². The molecule has 7 nitrogen and oxygen atoms in total. The molecule has 1 aliphatic heterocycles. The second-order valence-corrected chi connectivity index (χ2v) is 5.10. The molecule has 1 aliphatic rings. The van der Waals surface area contributed by atoms with Crippen molar-refractivity contribution in [2.75, 3.05) is 6.61 Å². The van der Waals surface area contributed by atoms with Crippen LogP contribution < -0.4 is 4.74 Å². The monoisotopic (exact) mass is 297 g/mol. The minimum atomic E-state index is -0.505. The molecule has 1 N–H and O–H groups in total. The summed E-state index contributed by atoms with van der Waals surface area (Å²) in [6, 6.07) is 9.81. The Hall–Kier alpha value is -3.09. The average molecular weight is 297 g/mol. The first kappa shape index (κ1) is 12.6. The van der Waals surface area contributed by atoms with Crippen LogP contribution in [0.4, 0.5) is 5.69 Å². The SMILES string of the molecule is O=[N+]([O-])c1ccc2nc(-c3ccc4c(c3)OCC4)n(O)c2c1. The summed E-state index contributed by atoms with van der Waals surface area (Å²) in [5, 5.41) is 21.1. The number of imidazole rings is 1. The zero-order chi connectivity index (χ0) is 15.3. The number of aromatic nitrogens is 2. The van der Waals surface area contributed by atoms with Crippen LogP contribution in [0.5, 0.6) is 5.75 Å². The van der Waals surface area contributed by atoms with Crippen molar-refractivity contribution in [1.29, 1.82) is 0 Å². The fourth-order valence-corrected chi connectivity index (χ4v) is 2.66. The van der Waals surface area contributed by atoms with Crippen LogP contribution in [0.25, 0.3) is 22.4 Å². The number of fused-ring (bicyclic) bond motifs is 2. The van der Waals surface area contributed by atoms with Crippen LogP contribution in [-0.4, -0.2) is 26.5 Å². The van der Waals surface area contributed by atoms with Crippen molar-refractivity contribution in [3.8, 4) is 17.1 Å². The van der Waals surface area contributed by atoms with Crippen molar-refractivity contribution < 1.29 is 14.9 Å². The molecule has 0 amide bonds. The molecule has 22 heavy (non-hydrogen) atoms. The normalized spacial score (nSPS) is 13.1. The molecule has 2 aromatic carbocycles. The van der Waals surface area contributed by atoms with E-state index < -0.39 is 4.92 Å². The number of hydrogen-bond acceptors (Lipinski definition) is 5. The quantitative estimate of drug-likeness (QED) is 0.446. The topological polar surface area (TPSA) is 90.4 Å². The third-order valence-electron chi connectivity index (χ3n) is 3.78. The molecule has 2 heterocycles. The molecule has 0 bridgehead atoms. The van der Waals surface area contributed by atoms with Crippen LogP contribution in [0.15, 0.2) is 36.4 Å². The van der Waals surface area contributed by atoms with Gasteiger partial charge in [-0.15, -0.1) is 0 Å². The van der Waals surface area contributed by atoms with E-state index in [2.05, 4.69) is 4.98 Å². The number of benzene rings is 2. The van der Waals surface area contributed by atoms with Crippen molar-refractivity contribution in [3.05, 3.63) is 52.1 Å². The van der Waals surface area contributed by atoms with Gasteiger partial charge >= 0.3 is 0 Å². The molecule has 0 fully saturated rings. The molecular formula is C15H11N3O4. The first-order chi connectivity index (χ1) is 10.6. The lowest BCUT2D eigenvalue weighted by atomic mass is 10.1. The first-order valence-electron chi connectivity index (χ1n) is 6.76. The number of hydrogen-bond donors (Lipinski definition) is 1. The highest BCUT2D eigenvalue weighted by molar-refractivity contribution is 5.82. The molecule has 1 aromatic heterocycles. The summed E-state index contributed by atoms with van der Waals surface area (Å²) in [7, 11) is 0. The molecule has 0 saturated carbocycles.